The van der Waals surface area contributed by atoms with Crippen LogP contribution in [0.4, 0.5) is 4.79 Å². The minimum absolute atomic E-state index is 0.149. The molecule has 1 atom stereocenters. The molecule has 0 saturated heterocycles. The summed E-state index contributed by atoms with van der Waals surface area (Å²) < 4.78 is 10.3. The third-order valence-corrected chi connectivity index (χ3v) is 3.88. The molecule has 1 aliphatic rings. The second kappa shape index (κ2) is 7.82. The second-order valence-corrected chi connectivity index (χ2v) is 5.34. The number of carboxylic acid groups (broad SMARTS) is 1. The number of hydrogen-bond donors (Lipinski definition) is 2. The molecule has 2 rings (SSSR count). The predicted molar refractivity (Wildman–Crippen MR) is 81.6 cm³/mol. The van der Waals surface area contributed by atoms with Gasteiger partial charge in [-0.05, 0) is 36.1 Å². The maximum absolute atomic E-state index is 11.6. The van der Waals surface area contributed by atoms with Gasteiger partial charge in [-0.2, -0.15) is 0 Å². The smallest absolute Gasteiger partial charge is 0.407 e. The van der Waals surface area contributed by atoms with Gasteiger partial charge in [0, 0.05) is 26.1 Å². The van der Waals surface area contributed by atoms with Crippen LogP contribution >= 0.6 is 0 Å². The molecule has 1 amide bonds. The Balaban J connectivity index is 2.12. The quantitative estimate of drug-likeness (QED) is 0.787. The summed E-state index contributed by atoms with van der Waals surface area (Å²) in [5.74, 6) is -0.0255. The van der Waals surface area contributed by atoms with Crippen LogP contribution in [0.15, 0.2) is 18.2 Å². The number of ether oxygens (including phenoxy) is 2. The van der Waals surface area contributed by atoms with Crippen molar-refractivity contribution in [1.29, 1.82) is 0 Å². The maximum Gasteiger partial charge on any atom is 0.407 e. The van der Waals surface area contributed by atoms with Gasteiger partial charge in [0.05, 0.1) is 7.11 Å². The molecule has 126 valence electrons. The average Bonchev–Trinajstić information content (AvgIpc) is 2.76. The number of aliphatic hydroxyl groups is 1. The fourth-order valence-corrected chi connectivity index (χ4v) is 2.60. The molecule has 0 radical (unpaired) electrons. The Morgan fingerprint density at radius 2 is 1.96 bits per heavy atom. The summed E-state index contributed by atoms with van der Waals surface area (Å²) in [4.78, 5) is 24.1. The lowest BCUT2D eigenvalue weighted by Crippen LogP contribution is -2.31. The van der Waals surface area contributed by atoms with Crippen LogP contribution in [0.5, 0.6) is 5.75 Å². The third-order valence-electron chi connectivity index (χ3n) is 3.88. The molecule has 0 aromatic heterocycles. The Morgan fingerprint density at radius 3 is 2.57 bits per heavy atom. The highest BCUT2D eigenvalue weighted by atomic mass is 16.6. The summed E-state index contributed by atoms with van der Waals surface area (Å²) in [6.45, 7) is 0.721. The first-order valence-corrected chi connectivity index (χ1v) is 7.50. The summed E-state index contributed by atoms with van der Waals surface area (Å²) in [5, 5.41) is 18.1. The van der Waals surface area contributed by atoms with Gasteiger partial charge in [0.25, 0.3) is 0 Å². The summed E-state index contributed by atoms with van der Waals surface area (Å²) in [6, 6.07) is 5.47. The maximum atomic E-state index is 11.6. The molecule has 0 fully saturated rings. The first-order chi connectivity index (χ1) is 11.0. The van der Waals surface area contributed by atoms with E-state index in [1.165, 1.54) is 12.0 Å². The van der Waals surface area contributed by atoms with Crippen molar-refractivity contribution in [2.24, 2.45) is 0 Å². The minimum Gasteiger partial charge on any atom is -0.479 e. The van der Waals surface area contributed by atoms with Crippen molar-refractivity contribution in [3.8, 4) is 5.75 Å². The number of esters is 1. The van der Waals surface area contributed by atoms with E-state index in [0.29, 0.717) is 31.7 Å². The number of benzene rings is 1. The molecule has 2 N–H and O–H groups in total. The fraction of sp³-hybridized carbons (Fsp3) is 0.500. The number of rotatable bonds is 5. The molecular weight excluding hydrogens is 302 g/mol. The van der Waals surface area contributed by atoms with Crippen molar-refractivity contribution in [3.05, 3.63) is 29.3 Å². The van der Waals surface area contributed by atoms with E-state index in [4.69, 9.17) is 14.9 Å². The number of amides is 1. The summed E-state index contributed by atoms with van der Waals surface area (Å²) >= 11 is 0. The van der Waals surface area contributed by atoms with Crippen molar-refractivity contribution in [1.82, 2.24) is 4.90 Å². The molecule has 7 heteroatoms. The molecule has 0 aliphatic carbocycles. The number of fused-ring (bicyclic) bond motifs is 1. The van der Waals surface area contributed by atoms with Crippen LogP contribution in [0.1, 0.15) is 17.5 Å². The van der Waals surface area contributed by atoms with E-state index in [2.05, 4.69) is 4.74 Å². The topological polar surface area (TPSA) is 96.3 Å². The van der Waals surface area contributed by atoms with Gasteiger partial charge in [0.1, 0.15) is 5.75 Å². The van der Waals surface area contributed by atoms with Crippen LogP contribution in [0.2, 0.25) is 0 Å². The summed E-state index contributed by atoms with van der Waals surface area (Å²) in [5.41, 5.74) is 2.09. The number of hydrogen-bond acceptors (Lipinski definition) is 5. The standard InChI is InChI=1S/C16H21NO6/c1-22-15(19)14(6-9-18)23-13-3-2-11-4-7-17(16(20)21)8-5-12(11)10-13/h2-3,10,14,18H,4-9H2,1H3,(H,20,21). The van der Waals surface area contributed by atoms with E-state index in [1.54, 1.807) is 6.07 Å². The number of carbonyl (C=O) groups excluding carboxylic acids is 1. The van der Waals surface area contributed by atoms with Crippen LogP contribution in [0.3, 0.4) is 0 Å². The van der Waals surface area contributed by atoms with E-state index < -0.39 is 18.2 Å². The molecule has 7 nitrogen and oxygen atoms in total. The number of aliphatic hydroxyl groups excluding tert-OH is 1. The van der Waals surface area contributed by atoms with Gasteiger partial charge in [0.15, 0.2) is 6.10 Å². The highest BCUT2D eigenvalue weighted by molar-refractivity contribution is 5.75. The van der Waals surface area contributed by atoms with Crippen molar-refractivity contribution in [2.75, 3.05) is 26.8 Å². The highest BCUT2D eigenvalue weighted by Crippen LogP contribution is 2.23. The van der Waals surface area contributed by atoms with Crippen molar-refractivity contribution >= 4 is 12.1 Å². The molecule has 0 saturated carbocycles. The Bertz CT molecular complexity index is 574. The Labute approximate surface area is 134 Å². The van der Waals surface area contributed by atoms with Gasteiger partial charge < -0.3 is 24.6 Å². The van der Waals surface area contributed by atoms with Gasteiger partial charge in [-0.15, -0.1) is 0 Å². The van der Waals surface area contributed by atoms with Gasteiger partial charge in [-0.25, -0.2) is 9.59 Å². The highest BCUT2D eigenvalue weighted by Gasteiger charge is 2.22. The molecule has 1 aromatic carbocycles. The van der Waals surface area contributed by atoms with Crippen LogP contribution in [0.25, 0.3) is 0 Å². The second-order valence-electron chi connectivity index (χ2n) is 5.34. The summed E-state index contributed by atoms with van der Waals surface area (Å²) in [6.07, 6.45) is -0.371. The molecule has 1 heterocycles. The molecule has 23 heavy (non-hydrogen) atoms. The van der Waals surface area contributed by atoms with E-state index >= 15 is 0 Å². The molecular formula is C16H21NO6. The van der Waals surface area contributed by atoms with Gasteiger partial charge in [-0.1, -0.05) is 6.07 Å². The predicted octanol–water partition coefficient (Wildman–Crippen LogP) is 1.07. The first-order valence-electron chi connectivity index (χ1n) is 7.50. The molecule has 1 aromatic rings. The SMILES string of the molecule is COC(=O)C(CCO)Oc1ccc2c(c1)CCN(C(=O)O)CC2. The van der Waals surface area contributed by atoms with Gasteiger partial charge >= 0.3 is 12.1 Å². The van der Waals surface area contributed by atoms with E-state index in [9.17, 15) is 9.59 Å². The molecule has 0 spiro atoms. The number of methoxy groups -OCH3 is 1. The van der Waals surface area contributed by atoms with Crippen molar-refractivity contribution < 1.29 is 29.3 Å². The molecule has 1 unspecified atom stereocenters. The van der Waals surface area contributed by atoms with E-state index in [-0.39, 0.29) is 13.0 Å². The largest absolute Gasteiger partial charge is 0.479 e. The Kier molecular flexibility index (Phi) is 5.81. The zero-order valence-corrected chi connectivity index (χ0v) is 13.0. The minimum atomic E-state index is -0.914. The zero-order valence-electron chi connectivity index (χ0n) is 13.0. The van der Waals surface area contributed by atoms with Gasteiger partial charge in [0.2, 0.25) is 0 Å². The zero-order chi connectivity index (χ0) is 16.8. The summed E-state index contributed by atoms with van der Waals surface area (Å²) in [7, 11) is 1.27. The van der Waals surface area contributed by atoms with Crippen LogP contribution in [-0.4, -0.2) is 60.1 Å². The molecule has 0 bridgehead atoms. The van der Waals surface area contributed by atoms with Crippen LogP contribution in [-0.2, 0) is 22.4 Å². The first kappa shape index (κ1) is 17.1. The monoisotopic (exact) mass is 323 g/mol. The van der Waals surface area contributed by atoms with Crippen LogP contribution in [0, 0.1) is 0 Å². The van der Waals surface area contributed by atoms with Crippen molar-refractivity contribution in [2.45, 2.75) is 25.4 Å². The van der Waals surface area contributed by atoms with Gasteiger partial charge in [-0.3, -0.25) is 0 Å². The van der Waals surface area contributed by atoms with E-state index in [0.717, 1.165) is 11.1 Å². The number of nitrogens with zero attached hydrogens (tertiary/aromatic N) is 1. The normalized spacial score (nSPS) is 15.3. The van der Waals surface area contributed by atoms with Crippen LogP contribution < -0.4 is 4.74 Å². The molecule has 1 aliphatic heterocycles. The van der Waals surface area contributed by atoms with E-state index in [1.807, 2.05) is 12.1 Å². The Morgan fingerprint density at radius 1 is 1.26 bits per heavy atom. The number of carbonyl (C=O) groups is 2. The fourth-order valence-electron chi connectivity index (χ4n) is 2.60. The Hall–Kier alpha value is -2.28. The third kappa shape index (κ3) is 4.35. The lowest BCUT2D eigenvalue weighted by Gasteiger charge is -2.17. The average molecular weight is 323 g/mol. The van der Waals surface area contributed by atoms with Crippen molar-refractivity contribution in [3.63, 3.8) is 0 Å². The lowest BCUT2D eigenvalue weighted by molar-refractivity contribution is -0.149. The lowest BCUT2D eigenvalue weighted by atomic mass is 10.0.